The van der Waals surface area contributed by atoms with Crippen LogP contribution in [0.25, 0.3) is 10.4 Å². The number of aryl methyl sites for hydroxylation is 1. The number of carbonyl (C=O) groups is 4. The Morgan fingerprint density at radius 1 is 1.00 bits per heavy atom. The highest BCUT2D eigenvalue weighted by atomic mass is 35.5. The van der Waals surface area contributed by atoms with Crippen molar-refractivity contribution >= 4 is 46.4 Å². The Morgan fingerprint density at radius 3 is 2.31 bits per heavy atom. The lowest BCUT2D eigenvalue weighted by Crippen LogP contribution is -2.74. The molecule has 2 heterocycles. The molecule has 0 spiro atoms. The van der Waals surface area contributed by atoms with Gasteiger partial charge in [0.15, 0.2) is 5.78 Å². The van der Waals surface area contributed by atoms with Gasteiger partial charge in [-0.25, -0.2) is 4.98 Å². The Kier molecular flexibility index (Phi) is 16.6. The highest BCUT2D eigenvalue weighted by molar-refractivity contribution is 7.13. The first-order valence-corrected chi connectivity index (χ1v) is 24.5. The summed E-state index contributed by atoms with van der Waals surface area (Å²) in [7, 11) is 0. The third kappa shape index (κ3) is 12.2. The van der Waals surface area contributed by atoms with Crippen molar-refractivity contribution < 1.29 is 38.5 Å². The number of thiazole rings is 1. The average molecular weight is 970 g/mol. The molecule has 6 rings (SSSR count). The minimum Gasteiger partial charge on any atom is -0.507 e. The number of benzene rings is 3. The van der Waals surface area contributed by atoms with Gasteiger partial charge in [-0.15, -0.1) is 11.3 Å². The highest BCUT2D eigenvalue weighted by Crippen LogP contribution is 2.55. The molecule has 16 heteroatoms. The van der Waals surface area contributed by atoms with Crippen molar-refractivity contribution in [2.75, 3.05) is 19.8 Å². The predicted molar refractivity (Wildman–Crippen MR) is 263 cm³/mol. The van der Waals surface area contributed by atoms with E-state index in [0.29, 0.717) is 64.8 Å². The summed E-state index contributed by atoms with van der Waals surface area (Å²) in [5.41, 5.74) is 2.81. The van der Waals surface area contributed by atoms with Gasteiger partial charge in [-0.1, -0.05) is 66.1 Å². The largest absolute Gasteiger partial charge is 0.507 e. The maximum atomic E-state index is 14.5. The maximum absolute atomic E-state index is 14.5. The number of nitrogens with zero attached hydrogens (tertiary/aromatic N) is 2. The number of rotatable bonds is 20. The normalized spacial score (nSPS) is 19.6. The smallest absolute Gasteiger partial charge is 0.251 e. The van der Waals surface area contributed by atoms with Crippen LogP contribution in [0.3, 0.4) is 0 Å². The standard InChI is InChI=1S/C52H65ClN6O8S/c1-30(66-35-19-15-32(16-20-35)46(63)59-48-51(6,7)49(52(48,8)9)67-36-21-17-34(27-54)38(53)26-36)13-10-11-24-65-28-41(61)57-45(50(3,4)5)43(62)42(58-47(64)39-14-12-23-55-39)33-18-22-37(40(60)25-33)44-31(2)56-29-68-44/h15-22,25-26,29-30,39,42,45,48-49,55,60H,10-14,23-24,28H2,1-9H3,(H,57,61)(H,58,64)(H,59,63)/t30-,39?,42?,45+,48?,49?/m0/s1. The second-order valence-electron chi connectivity index (χ2n) is 20.2. The number of halogens is 1. The van der Waals surface area contributed by atoms with Crippen molar-refractivity contribution in [3.8, 4) is 33.8 Å². The number of aromatic hydroxyl groups is 1. The van der Waals surface area contributed by atoms with E-state index in [2.05, 4.69) is 60.0 Å². The Balaban J connectivity index is 0.950. The van der Waals surface area contributed by atoms with E-state index >= 15 is 0 Å². The van der Waals surface area contributed by atoms with E-state index in [4.69, 9.17) is 25.8 Å². The lowest BCUT2D eigenvalue weighted by atomic mass is 9.49. The fourth-order valence-electron chi connectivity index (χ4n) is 9.62. The fourth-order valence-corrected chi connectivity index (χ4v) is 10.7. The molecular weight excluding hydrogens is 904 g/mol. The first-order chi connectivity index (χ1) is 32.1. The Hall–Kier alpha value is -5.53. The average Bonchev–Trinajstić information content (AvgIpc) is 3.99. The fraction of sp³-hybridized carbons (Fsp3) is 0.500. The number of phenolic OH excluding ortho intramolecular Hbond substituents is 1. The molecule has 3 amide bonds. The van der Waals surface area contributed by atoms with Crippen LogP contribution in [0.1, 0.15) is 121 Å². The monoisotopic (exact) mass is 968 g/mol. The third-order valence-electron chi connectivity index (χ3n) is 13.0. The molecule has 2 unspecified atom stereocenters. The van der Waals surface area contributed by atoms with E-state index in [9.17, 15) is 29.5 Å². The molecule has 1 aliphatic carbocycles. The number of ether oxygens (including phenoxy) is 3. The molecule has 364 valence electrons. The lowest BCUT2D eigenvalue weighted by Gasteiger charge is -2.63. The number of amides is 3. The van der Waals surface area contributed by atoms with E-state index in [1.165, 1.54) is 17.4 Å². The quantitative estimate of drug-likeness (QED) is 0.0531. The molecule has 1 aliphatic heterocycles. The number of phenols is 1. The van der Waals surface area contributed by atoms with Gasteiger partial charge >= 0.3 is 0 Å². The summed E-state index contributed by atoms with van der Waals surface area (Å²) in [6, 6.07) is 16.3. The van der Waals surface area contributed by atoms with Gasteiger partial charge in [0.05, 0.1) is 44.9 Å². The molecule has 1 saturated carbocycles. The molecule has 0 bridgehead atoms. The number of hydrogen-bond donors (Lipinski definition) is 5. The van der Waals surface area contributed by atoms with Crippen molar-refractivity contribution in [2.24, 2.45) is 16.2 Å². The van der Waals surface area contributed by atoms with Gasteiger partial charge in [0.1, 0.15) is 42.1 Å². The predicted octanol–water partition coefficient (Wildman–Crippen LogP) is 8.62. The number of carbonyl (C=O) groups excluding carboxylic acids is 4. The minimum absolute atomic E-state index is 0.0448. The summed E-state index contributed by atoms with van der Waals surface area (Å²) in [5.74, 6) is -0.229. The molecule has 1 aromatic heterocycles. The van der Waals surface area contributed by atoms with E-state index in [-0.39, 0.29) is 42.4 Å². The van der Waals surface area contributed by atoms with Crippen LogP contribution in [-0.4, -0.2) is 83.7 Å². The van der Waals surface area contributed by atoms with Gasteiger partial charge < -0.3 is 40.6 Å². The number of nitrogens with one attached hydrogen (secondary N) is 4. The molecule has 0 radical (unpaired) electrons. The van der Waals surface area contributed by atoms with Gasteiger partial charge in [0, 0.05) is 40.7 Å². The van der Waals surface area contributed by atoms with E-state index < -0.39 is 46.1 Å². The van der Waals surface area contributed by atoms with Crippen LogP contribution in [-0.2, 0) is 19.1 Å². The second kappa shape index (κ2) is 21.8. The first kappa shape index (κ1) is 51.9. The molecule has 14 nitrogen and oxygen atoms in total. The molecule has 1 saturated heterocycles. The Labute approximate surface area is 408 Å². The number of aromatic nitrogens is 1. The molecule has 68 heavy (non-hydrogen) atoms. The van der Waals surface area contributed by atoms with Crippen LogP contribution in [0.4, 0.5) is 0 Å². The topological polar surface area (TPSA) is 201 Å². The SMILES string of the molecule is Cc1ncsc1-c1ccc(C(NC(=O)C2CCCN2)C(=O)[C@@H](NC(=O)COCCCC[C@H](C)Oc2ccc(C(=O)NC3C(C)(C)C(Oc4ccc(C#N)c(Cl)c4)C3(C)C)cc2)C(C)(C)C)cc1O. The van der Waals surface area contributed by atoms with Gasteiger partial charge in [-0.3, -0.25) is 19.2 Å². The summed E-state index contributed by atoms with van der Waals surface area (Å²) >= 11 is 7.64. The van der Waals surface area contributed by atoms with E-state index in [1.54, 1.807) is 60.1 Å². The molecule has 3 aromatic carbocycles. The number of unbranched alkanes of at least 4 members (excludes halogenated alkanes) is 1. The van der Waals surface area contributed by atoms with Crippen LogP contribution in [0.5, 0.6) is 17.2 Å². The van der Waals surface area contributed by atoms with Crippen LogP contribution in [0.2, 0.25) is 5.02 Å². The zero-order valence-electron chi connectivity index (χ0n) is 40.5. The van der Waals surface area contributed by atoms with E-state index in [0.717, 1.165) is 29.8 Å². The molecule has 4 atom stereocenters. The molecule has 2 aliphatic rings. The van der Waals surface area contributed by atoms with Crippen LogP contribution >= 0.6 is 22.9 Å². The number of hydrogen-bond acceptors (Lipinski definition) is 12. The van der Waals surface area contributed by atoms with Gasteiger partial charge in [0.2, 0.25) is 11.8 Å². The summed E-state index contributed by atoms with van der Waals surface area (Å²) in [4.78, 5) is 59.7. The maximum Gasteiger partial charge on any atom is 0.251 e. The van der Waals surface area contributed by atoms with Gasteiger partial charge in [0.25, 0.3) is 5.91 Å². The molecule has 5 N–H and O–H groups in total. The van der Waals surface area contributed by atoms with Gasteiger partial charge in [-0.05, 0) is 112 Å². The molecule has 4 aromatic rings. The summed E-state index contributed by atoms with van der Waals surface area (Å²) in [5, 5.41) is 32.9. The zero-order valence-corrected chi connectivity index (χ0v) is 42.0. The lowest BCUT2D eigenvalue weighted by molar-refractivity contribution is -0.164. The Bertz CT molecular complexity index is 2470. The molecule has 2 fully saturated rings. The van der Waals surface area contributed by atoms with Crippen LogP contribution in [0.15, 0.2) is 66.2 Å². The zero-order chi connectivity index (χ0) is 49.6. The van der Waals surface area contributed by atoms with Crippen LogP contribution < -0.4 is 30.7 Å². The number of Topliss-reactive ketones (excluding diaryl/α,β-unsaturated/α-hetero) is 1. The van der Waals surface area contributed by atoms with Crippen LogP contribution in [0, 0.1) is 34.5 Å². The van der Waals surface area contributed by atoms with Crippen molar-refractivity contribution in [2.45, 2.75) is 131 Å². The highest BCUT2D eigenvalue weighted by Gasteiger charge is 2.64. The molecular formula is C52H65ClN6O8S. The Morgan fingerprint density at radius 2 is 1.71 bits per heavy atom. The number of ketones is 1. The van der Waals surface area contributed by atoms with Gasteiger partial charge in [-0.2, -0.15) is 5.26 Å². The summed E-state index contributed by atoms with van der Waals surface area (Å²) in [6.07, 6.45) is 3.31. The van der Waals surface area contributed by atoms with Crippen molar-refractivity contribution in [1.82, 2.24) is 26.3 Å². The first-order valence-electron chi connectivity index (χ1n) is 23.2. The summed E-state index contributed by atoms with van der Waals surface area (Å²) < 4.78 is 18.2. The number of nitriles is 1. The van der Waals surface area contributed by atoms with Crippen molar-refractivity contribution in [3.05, 3.63) is 93.6 Å². The third-order valence-corrected chi connectivity index (χ3v) is 14.3. The minimum atomic E-state index is -1.14. The van der Waals surface area contributed by atoms with E-state index in [1.807, 2.05) is 34.6 Å². The van der Waals surface area contributed by atoms with Crippen molar-refractivity contribution in [3.63, 3.8) is 0 Å². The summed E-state index contributed by atoms with van der Waals surface area (Å²) in [6.45, 7) is 18.4. The second-order valence-corrected chi connectivity index (χ2v) is 21.5. The van der Waals surface area contributed by atoms with Crippen molar-refractivity contribution in [1.29, 1.82) is 5.26 Å².